The van der Waals surface area contributed by atoms with Crippen LogP contribution in [0.2, 0.25) is 0 Å². The largest absolute Gasteiger partial charge is 0.497 e. The van der Waals surface area contributed by atoms with Crippen LogP contribution in [0.25, 0.3) is 10.1 Å². The highest BCUT2D eigenvalue weighted by Gasteiger charge is 2.35. The summed E-state index contributed by atoms with van der Waals surface area (Å²) >= 11 is 1.78. The minimum atomic E-state index is -0.101. The number of aromatic nitrogens is 2. The summed E-state index contributed by atoms with van der Waals surface area (Å²) in [7, 11) is 1.68. The molecular formula is C25H25N3O2S. The number of nitrogens with one attached hydrogen (secondary N) is 1. The van der Waals surface area contributed by atoms with Crippen LogP contribution in [0.1, 0.15) is 47.8 Å². The zero-order chi connectivity index (χ0) is 21.5. The average Bonchev–Trinajstić information content (AvgIpc) is 3.18. The number of ether oxygens (including phenoxy) is 2. The Hall–Kier alpha value is -3.12. The van der Waals surface area contributed by atoms with E-state index < -0.39 is 0 Å². The molecule has 0 saturated carbocycles. The SMILES string of the molecule is CCCn1cnc2c(c1=N)C(c1ccc(OC)cc1)c1sc3c(CC)cccc3c1O2. The van der Waals surface area contributed by atoms with Crippen molar-refractivity contribution in [1.82, 2.24) is 9.55 Å². The lowest BCUT2D eigenvalue weighted by molar-refractivity contribution is 0.414. The van der Waals surface area contributed by atoms with E-state index in [-0.39, 0.29) is 5.92 Å². The van der Waals surface area contributed by atoms with Gasteiger partial charge < -0.3 is 14.0 Å². The number of hydrogen-bond donors (Lipinski definition) is 1. The van der Waals surface area contributed by atoms with Gasteiger partial charge in [-0.25, -0.2) is 4.98 Å². The molecule has 2 aromatic carbocycles. The molecule has 0 bridgehead atoms. The molecule has 0 spiro atoms. The third-order valence-corrected chi connectivity index (χ3v) is 7.24. The van der Waals surface area contributed by atoms with E-state index in [1.54, 1.807) is 24.8 Å². The smallest absolute Gasteiger partial charge is 0.228 e. The van der Waals surface area contributed by atoms with Crippen molar-refractivity contribution in [2.75, 3.05) is 7.11 Å². The molecule has 2 aromatic heterocycles. The van der Waals surface area contributed by atoms with Crippen LogP contribution in [-0.4, -0.2) is 16.7 Å². The number of hydrogen-bond acceptors (Lipinski definition) is 5. The summed E-state index contributed by atoms with van der Waals surface area (Å²) in [6, 6.07) is 14.5. The zero-order valence-electron chi connectivity index (χ0n) is 17.9. The van der Waals surface area contributed by atoms with Crippen LogP contribution in [0.3, 0.4) is 0 Å². The predicted molar refractivity (Wildman–Crippen MR) is 124 cm³/mol. The lowest BCUT2D eigenvalue weighted by atomic mass is 9.88. The Balaban J connectivity index is 1.80. The number of thiophene rings is 1. The van der Waals surface area contributed by atoms with Gasteiger partial charge in [-0.2, -0.15) is 0 Å². The van der Waals surface area contributed by atoms with Crippen molar-refractivity contribution in [2.45, 2.75) is 39.2 Å². The fourth-order valence-electron chi connectivity index (χ4n) is 4.35. The maximum atomic E-state index is 8.96. The molecule has 3 heterocycles. The van der Waals surface area contributed by atoms with Gasteiger partial charge in [0.15, 0.2) is 5.75 Å². The van der Waals surface area contributed by atoms with Crippen molar-refractivity contribution < 1.29 is 9.47 Å². The summed E-state index contributed by atoms with van der Waals surface area (Å²) in [5.74, 6) is 2.13. The van der Waals surface area contributed by atoms with E-state index in [1.165, 1.54) is 10.3 Å². The highest BCUT2D eigenvalue weighted by atomic mass is 32.1. The summed E-state index contributed by atoms with van der Waals surface area (Å²) < 4.78 is 14.9. The molecule has 6 heteroatoms. The van der Waals surface area contributed by atoms with Crippen LogP contribution >= 0.6 is 11.3 Å². The van der Waals surface area contributed by atoms with Gasteiger partial charge in [-0.05, 0) is 42.2 Å². The van der Waals surface area contributed by atoms with Crippen molar-refractivity contribution in [1.29, 1.82) is 5.41 Å². The molecule has 1 aliphatic heterocycles. The molecule has 1 aliphatic rings. The fourth-order valence-corrected chi connectivity index (χ4v) is 5.80. The number of rotatable bonds is 5. The Kier molecular flexibility index (Phi) is 5.02. The summed E-state index contributed by atoms with van der Waals surface area (Å²) in [6.45, 7) is 5.05. The van der Waals surface area contributed by atoms with E-state index in [0.29, 0.717) is 11.4 Å². The van der Waals surface area contributed by atoms with Gasteiger partial charge >= 0.3 is 0 Å². The van der Waals surface area contributed by atoms with Crippen molar-refractivity contribution in [3.63, 3.8) is 0 Å². The summed E-state index contributed by atoms with van der Waals surface area (Å²) in [5, 5.41) is 10.1. The van der Waals surface area contributed by atoms with Gasteiger partial charge in [0.2, 0.25) is 5.88 Å². The quantitative estimate of drug-likeness (QED) is 0.380. The van der Waals surface area contributed by atoms with Crippen LogP contribution in [-0.2, 0) is 13.0 Å². The monoisotopic (exact) mass is 431 g/mol. The fraction of sp³-hybridized carbons (Fsp3) is 0.280. The van der Waals surface area contributed by atoms with Crippen molar-refractivity contribution in [3.8, 4) is 17.4 Å². The molecule has 0 fully saturated rings. The molecule has 158 valence electrons. The van der Waals surface area contributed by atoms with Crippen molar-refractivity contribution >= 4 is 21.4 Å². The highest BCUT2D eigenvalue weighted by molar-refractivity contribution is 7.19. The number of aryl methyl sites for hydroxylation is 2. The maximum Gasteiger partial charge on any atom is 0.228 e. The molecule has 0 aliphatic carbocycles. The first-order chi connectivity index (χ1) is 15.2. The minimum absolute atomic E-state index is 0.101. The molecule has 4 aromatic rings. The van der Waals surface area contributed by atoms with Crippen molar-refractivity contribution in [2.24, 2.45) is 0 Å². The second kappa shape index (κ2) is 7.85. The van der Waals surface area contributed by atoms with Gasteiger partial charge in [0.25, 0.3) is 0 Å². The van der Waals surface area contributed by atoms with Crippen LogP contribution in [0.15, 0.2) is 48.8 Å². The Bertz CT molecular complexity index is 1320. The molecule has 0 saturated heterocycles. The molecule has 1 N–H and O–H groups in total. The van der Waals surface area contributed by atoms with Crippen LogP contribution < -0.4 is 15.0 Å². The molecular weight excluding hydrogens is 406 g/mol. The van der Waals surface area contributed by atoms with Gasteiger partial charge in [-0.15, -0.1) is 11.3 Å². The van der Waals surface area contributed by atoms with Gasteiger partial charge in [0.05, 0.1) is 23.5 Å². The first-order valence-electron chi connectivity index (χ1n) is 10.7. The number of fused-ring (bicyclic) bond motifs is 4. The van der Waals surface area contributed by atoms with Gasteiger partial charge in [-0.1, -0.05) is 38.1 Å². The highest BCUT2D eigenvalue weighted by Crippen LogP contribution is 2.53. The van der Waals surface area contributed by atoms with E-state index >= 15 is 0 Å². The molecule has 1 atom stereocenters. The zero-order valence-corrected chi connectivity index (χ0v) is 18.8. The third-order valence-electron chi connectivity index (χ3n) is 5.91. The lowest BCUT2D eigenvalue weighted by Gasteiger charge is -2.26. The second-order valence-corrected chi connectivity index (χ2v) is 8.81. The first kappa shape index (κ1) is 19.8. The minimum Gasteiger partial charge on any atom is -0.497 e. The maximum absolute atomic E-state index is 8.96. The predicted octanol–water partition coefficient (Wildman–Crippen LogP) is 5.84. The number of benzene rings is 2. The molecule has 0 amide bonds. The van der Waals surface area contributed by atoms with Gasteiger partial charge in [-0.3, -0.25) is 5.41 Å². The van der Waals surface area contributed by atoms with Crippen LogP contribution in [0, 0.1) is 5.41 Å². The third kappa shape index (κ3) is 3.13. The normalized spacial score (nSPS) is 14.7. The van der Waals surface area contributed by atoms with E-state index in [9.17, 15) is 0 Å². The van der Waals surface area contributed by atoms with E-state index in [4.69, 9.17) is 14.9 Å². The van der Waals surface area contributed by atoms with Gasteiger partial charge in [0, 0.05) is 16.6 Å². The van der Waals surface area contributed by atoms with E-state index in [2.05, 4.69) is 49.2 Å². The Labute approximate surface area is 185 Å². The van der Waals surface area contributed by atoms with Crippen LogP contribution in [0.4, 0.5) is 0 Å². The molecule has 5 nitrogen and oxygen atoms in total. The first-order valence-corrected chi connectivity index (χ1v) is 11.5. The lowest BCUT2D eigenvalue weighted by Crippen LogP contribution is -2.29. The van der Waals surface area contributed by atoms with Gasteiger partial charge in [0.1, 0.15) is 17.6 Å². The summed E-state index contributed by atoms with van der Waals surface area (Å²) in [5.41, 5.74) is 3.73. The second-order valence-electron chi connectivity index (χ2n) is 7.76. The van der Waals surface area contributed by atoms with Crippen molar-refractivity contribution in [3.05, 3.63) is 75.8 Å². The average molecular weight is 432 g/mol. The standard InChI is InChI=1S/C25H25N3O2S/c1-4-13-28-14-27-25-20(24(28)26)19(16-9-11-17(29-3)12-10-16)23-21(30-25)18-8-6-7-15(5-2)22(18)31-23/h6-12,14,19,26H,4-5,13H2,1-3H3. The summed E-state index contributed by atoms with van der Waals surface area (Å²) in [4.78, 5) is 5.77. The topological polar surface area (TPSA) is 60.1 Å². The molecule has 31 heavy (non-hydrogen) atoms. The Morgan fingerprint density at radius 1 is 1.16 bits per heavy atom. The Morgan fingerprint density at radius 2 is 1.97 bits per heavy atom. The summed E-state index contributed by atoms with van der Waals surface area (Å²) in [6.07, 6.45) is 3.64. The number of methoxy groups -OCH3 is 1. The number of nitrogens with zero attached hydrogens (tertiary/aromatic N) is 2. The Morgan fingerprint density at radius 3 is 2.68 bits per heavy atom. The van der Waals surface area contributed by atoms with Crippen LogP contribution in [0.5, 0.6) is 17.4 Å². The van der Waals surface area contributed by atoms with E-state index in [0.717, 1.165) is 52.3 Å². The molecule has 0 radical (unpaired) electrons. The molecule has 5 rings (SSSR count). The van der Waals surface area contributed by atoms with E-state index in [1.807, 2.05) is 16.7 Å². The molecule has 1 unspecified atom stereocenters.